The van der Waals surface area contributed by atoms with Crippen LogP contribution in [0.4, 0.5) is 0 Å². The topological polar surface area (TPSA) is 37.8 Å². The van der Waals surface area contributed by atoms with Gasteiger partial charge in [-0.1, -0.05) is 6.92 Å². The van der Waals surface area contributed by atoms with Gasteiger partial charge in [-0.3, -0.25) is 0 Å². The highest BCUT2D eigenvalue weighted by Crippen LogP contribution is 2.25. The van der Waals surface area contributed by atoms with E-state index in [-0.39, 0.29) is 6.04 Å². The van der Waals surface area contributed by atoms with Gasteiger partial charge in [0.2, 0.25) is 0 Å². The van der Waals surface area contributed by atoms with Crippen LogP contribution in [-0.2, 0) is 0 Å². The number of hydrogen-bond acceptors (Lipinski definition) is 5. The molecule has 0 aromatic carbocycles. The van der Waals surface area contributed by atoms with E-state index in [1.807, 2.05) is 23.2 Å². The number of rotatable bonds is 5. The number of nitrogens with zero attached hydrogens (tertiary/aromatic N) is 2. The van der Waals surface area contributed by atoms with Gasteiger partial charge in [0, 0.05) is 23.2 Å². The third-order valence-corrected chi connectivity index (χ3v) is 3.68. The van der Waals surface area contributed by atoms with Crippen molar-refractivity contribution in [1.82, 2.24) is 15.3 Å². The molecule has 3 nitrogen and oxygen atoms in total. The zero-order chi connectivity index (χ0) is 10.5. The zero-order valence-corrected chi connectivity index (χ0v) is 10.1. The second-order valence-corrected chi connectivity index (χ2v) is 4.98. The molecule has 15 heavy (non-hydrogen) atoms. The molecule has 0 aliphatic carbocycles. The van der Waals surface area contributed by atoms with E-state index in [1.54, 1.807) is 22.7 Å². The molecule has 0 atom stereocenters. The van der Waals surface area contributed by atoms with E-state index in [2.05, 4.69) is 22.2 Å². The minimum atomic E-state index is 0.171. The fourth-order valence-electron chi connectivity index (χ4n) is 1.32. The van der Waals surface area contributed by atoms with Crippen LogP contribution in [0.25, 0.3) is 0 Å². The molecule has 2 aromatic rings. The molecule has 5 heteroatoms. The Balaban J connectivity index is 2.17. The smallest absolute Gasteiger partial charge is 0.117 e. The summed E-state index contributed by atoms with van der Waals surface area (Å²) < 4.78 is 0. The van der Waals surface area contributed by atoms with Crippen molar-refractivity contribution in [2.24, 2.45) is 0 Å². The first-order chi connectivity index (χ1) is 7.42. The zero-order valence-electron chi connectivity index (χ0n) is 8.51. The Morgan fingerprint density at radius 3 is 2.20 bits per heavy atom. The summed E-state index contributed by atoms with van der Waals surface area (Å²) in [6.45, 7) is 3.15. The van der Waals surface area contributed by atoms with E-state index >= 15 is 0 Å². The molecule has 80 valence electrons. The molecule has 0 radical (unpaired) electrons. The van der Waals surface area contributed by atoms with Crippen molar-refractivity contribution >= 4 is 22.7 Å². The van der Waals surface area contributed by atoms with Crippen molar-refractivity contribution < 1.29 is 0 Å². The second kappa shape index (κ2) is 5.34. The molecule has 2 aromatic heterocycles. The van der Waals surface area contributed by atoms with Crippen molar-refractivity contribution in [2.75, 3.05) is 6.54 Å². The van der Waals surface area contributed by atoms with E-state index in [9.17, 15) is 0 Å². The third kappa shape index (κ3) is 2.62. The summed E-state index contributed by atoms with van der Waals surface area (Å²) in [6.07, 6.45) is 4.80. The summed E-state index contributed by atoms with van der Waals surface area (Å²) in [5.41, 5.74) is 0. The highest BCUT2D eigenvalue weighted by atomic mass is 32.1. The Bertz CT molecular complexity index is 335. The number of aromatic nitrogens is 2. The van der Waals surface area contributed by atoms with E-state index < -0.39 is 0 Å². The highest BCUT2D eigenvalue weighted by molar-refractivity contribution is 7.11. The number of thiazole rings is 2. The van der Waals surface area contributed by atoms with Gasteiger partial charge in [0.25, 0.3) is 0 Å². The Morgan fingerprint density at radius 2 is 1.80 bits per heavy atom. The maximum Gasteiger partial charge on any atom is 0.117 e. The molecule has 0 spiro atoms. The SMILES string of the molecule is CCCNC(c1nccs1)c1nccs1. The molecule has 1 N–H and O–H groups in total. The fraction of sp³-hybridized carbons (Fsp3) is 0.400. The van der Waals surface area contributed by atoms with Crippen molar-refractivity contribution in [3.8, 4) is 0 Å². The summed E-state index contributed by atoms with van der Waals surface area (Å²) in [4.78, 5) is 8.70. The van der Waals surface area contributed by atoms with Gasteiger partial charge in [-0.15, -0.1) is 22.7 Å². The van der Waals surface area contributed by atoms with Crippen LogP contribution in [-0.4, -0.2) is 16.5 Å². The lowest BCUT2D eigenvalue weighted by molar-refractivity contribution is 0.593. The van der Waals surface area contributed by atoms with Crippen molar-refractivity contribution in [3.63, 3.8) is 0 Å². The lowest BCUT2D eigenvalue weighted by Gasteiger charge is -2.12. The van der Waals surface area contributed by atoms with Gasteiger partial charge in [-0.05, 0) is 13.0 Å². The van der Waals surface area contributed by atoms with Crippen LogP contribution in [0.2, 0.25) is 0 Å². The summed E-state index contributed by atoms with van der Waals surface area (Å²) in [7, 11) is 0. The first-order valence-electron chi connectivity index (χ1n) is 4.94. The van der Waals surface area contributed by atoms with Crippen molar-refractivity contribution in [2.45, 2.75) is 19.4 Å². The van der Waals surface area contributed by atoms with Crippen molar-refractivity contribution in [3.05, 3.63) is 33.2 Å². The van der Waals surface area contributed by atoms with Crippen LogP contribution < -0.4 is 5.32 Å². The number of nitrogens with one attached hydrogen (secondary N) is 1. The normalized spacial score (nSPS) is 11.1. The predicted molar refractivity (Wildman–Crippen MR) is 64.4 cm³/mol. The third-order valence-electron chi connectivity index (χ3n) is 2.00. The summed E-state index contributed by atoms with van der Waals surface area (Å²) in [5, 5.41) is 9.67. The standard InChI is InChI=1S/C10H13N3S2/c1-2-3-11-8(9-12-4-6-14-9)10-13-5-7-15-10/h4-8,11H,2-3H2,1H3. The number of hydrogen-bond donors (Lipinski definition) is 1. The molecule has 0 bridgehead atoms. The van der Waals surface area contributed by atoms with Crippen LogP contribution in [0.1, 0.15) is 29.4 Å². The molecule has 0 unspecified atom stereocenters. The minimum absolute atomic E-state index is 0.171. The highest BCUT2D eigenvalue weighted by Gasteiger charge is 2.17. The molecule has 0 aliphatic rings. The summed E-state index contributed by atoms with van der Waals surface area (Å²) in [5.74, 6) is 0. The molecular formula is C10H13N3S2. The van der Waals surface area contributed by atoms with E-state index in [4.69, 9.17) is 0 Å². The Morgan fingerprint density at radius 1 is 1.20 bits per heavy atom. The first-order valence-corrected chi connectivity index (χ1v) is 6.70. The molecule has 0 aliphatic heterocycles. The van der Waals surface area contributed by atoms with Gasteiger partial charge in [-0.25, -0.2) is 9.97 Å². The van der Waals surface area contributed by atoms with Crippen LogP contribution in [0.5, 0.6) is 0 Å². The Hall–Kier alpha value is -0.780. The van der Waals surface area contributed by atoms with Gasteiger partial charge >= 0.3 is 0 Å². The minimum Gasteiger partial charge on any atom is -0.302 e. The van der Waals surface area contributed by atoms with Crippen LogP contribution in [0.3, 0.4) is 0 Å². The van der Waals surface area contributed by atoms with E-state index in [0.717, 1.165) is 23.0 Å². The fourth-order valence-corrected chi connectivity index (χ4v) is 2.83. The monoisotopic (exact) mass is 239 g/mol. The first kappa shape index (κ1) is 10.7. The summed E-state index contributed by atoms with van der Waals surface area (Å²) >= 11 is 3.35. The van der Waals surface area contributed by atoms with Gasteiger partial charge in [0.05, 0.1) is 0 Å². The average molecular weight is 239 g/mol. The van der Waals surface area contributed by atoms with Gasteiger partial charge < -0.3 is 5.32 Å². The van der Waals surface area contributed by atoms with Crippen LogP contribution >= 0.6 is 22.7 Å². The molecule has 0 saturated heterocycles. The predicted octanol–water partition coefficient (Wildman–Crippen LogP) is 2.69. The average Bonchev–Trinajstić information content (AvgIpc) is 2.90. The Labute approximate surface area is 97.2 Å². The molecule has 2 rings (SSSR count). The van der Waals surface area contributed by atoms with Gasteiger partial charge in [-0.2, -0.15) is 0 Å². The molecule has 0 saturated carbocycles. The van der Waals surface area contributed by atoms with Crippen molar-refractivity contribution in [1.29, 1.82) is 0 Å². The maximum atomic E-state index is 4.35. The lowest BCUT2D eigenvalue weighted by Crippen LogP contribution is -2.22. The summed E-state index contributed by atoms with van der Waals surface area (Å²) in [6, 6.07) is 0.171. The molecular weight excluding hydrogens is 226 g/mol. The van der Waals surface area contributed by atoms with Crippen LogP contribution in [0, 0.1) is 0 Å². The molecule has 0 amide bonds. The largest absolute Gasteiger partial charge is 0.302 e. The lowest BCUT2D eigenvalue weighted by atomic mass is 10.3. The maximum absolute atomic E-state index is 4.35. The Kier molecular flexibility index (Phi) is 3.82. The van der Waals surface area contributed by atoms with E-state index in [1.165, 1.54) is 0 Å². The molecule has 0 fully saturated rings. The van der Waals surface area contributed by atoms with Gasteiger partial charge in [0.1, 0.15) is 16.1 Å². The van der Waals surface area contributed by atoms with Crippen LogP contribution in [0.15, 0.2) is 23.2 Å². The quantitative estimate of drug-likeness (QED) is 0.871. The second-order valence-electron chi connectivity index (χ2n) is 3.13. The van der Waals surface area contributed by atoms with Gasteiger partial charge in [0.15, 0.2) is 0 Å². The molecule has 2 heterocycles. The van der Waals surface area contributed by atoms with E-state index in [0.29, 0.717) is 0 Å².